The first-order chi connectivity index (χ1) is 15.6. The molecule has 32 heavy (non-hydrogen) atoms. The van der Waals surface area contributed by atoms with Crippen LogP contribution in [0.15, 0.2) is 71.3 Å². The molecular formula is C26H28N2O4. The second-order valence-corrected chi connectivity index (χ2v) is 8.13. The second kappa shape index (κ2) is 9.73. The summed E-state index contributed by atoms with van der Waals surface area (Å²) in [7, 11) is 1.56. The van der Waals surface area contributed by atoms with Crippen LogP contribution in [-0.2, 0) is 4.79 Å². The zero-order valence-corrected chi connectivity index (χ0v) is 18.4. The quantitative estimate of drug-likeness (QED) is 0.568. The molecule has 166 valence electrons. The number of nitrogens with one attached hydrogen (secondary N) is 1. The Morgan fingerprint density at radius 2 is 1.81 bits per heavy atom. The molecule has 2 amide bonds. The van der Waals surface area contributed by atoms with Crippen LogP contribution >= 0.6 is 0 Å². The molecule has 1 unspecified atom stereocenters. The average Bonchev–Trinajstić information content (AvgIpc) is 3.52. The van der Waals surface area contributed by atoms with E-state index in [0.717, 1.165) is 31.2 Å². The van der Waals surface area contributed by atoms with Crippen molar-refractivity contribution in [3.05, 3.63) is 83.8 Å². The number of furan rings is 1. The number of benzene rings is 2. The fourth-order valence-corrected chi connectivity index (χ4v) is 4.28. The number of hydrogen-bond acceptors (Lipinski definition) is 4. The summed E-state index contributed by atoms with van der Waals surface area (Å²) in [6.07, 6.45) is 5.55. The molecule has 0 radical (unpaired) electrons. The molecule has 1 aliphatic carbocycles. The van der Waals surface area contributed by atoms with E-state index in [1.165, 1.54) is 11.2 Å². The van der Waals surface area contributed by atoms with Crippen LogP contribution in [0, 0.1) is 6.92 Å². The van der Waals surface area contributed by atoms with Gasteiger partial charge in [-0.15, -0.1) is 0 Å². The van der Waals surface area contributed by atoms with Crippen molar-refractivity contribution in [3.63, 3.8) is 0 Å². The second-order valence-electron chi connectivity index (χ2n) is 8.13. The first-order valence-corrected chi connectivity index (χ1v) is 11.0. The maximum Gasteiger partial charge on any atom is 0.295 e. The summed E-state index contributed by atoms with van der Waals surface area (Å²) in [4.78, 5) is 28.9. The number of aryl methyl sites for hydroxylation is 1. The summed E-state index contributed by atoms with van der Waals surface area (Å²) in [5.74, 6) is 0.0363. The van der Waals surface area contributed by atoms with Crippen molar-refractivity contribution < 1.29 is 18.7 Å². The predicted molar refractivity (Wildman–Crippen MR) is 123 cm³/mol. The molecule has 0 bridgehead atoms. The van der Waals surface area contributed by atoms with Gasteiger partial charge >= 0.3 is 0 Å². The van der Waals surface area contributed by atoms with Gasteiger partial charge in [-0.2, -0.15) is 0 Å². The molecule has 6 heteroatoms. The lowest BCUT2D eigenvalue weighted by atomic mass is 10.0. The van der Waals surface area contributed by atoms with Crippen molar-refractivity contribution in [2.24, 2.45) is 0 Å². The molecule has 1 atom stereocenters. The van der Waals surface area contributed by atoms with E-state index in [1.54, 1.807) is 19.2 Å². The van der Waals surface area contributed by atoms with Gasteiger partial charge in [0.15, 0.2) is 5.76 Å². The number of carbonyl (C=O) groups excluding carboxylic acids is 2. The van der Waals surface area contributed by atoms with Gasteiger partial charge in [-0.05, 0) is 55.2 Å². The zero-order chi connectivity index (χ0) is 22.5. The monoisotopic (exact) mass is 432 g/mol. The van der Waals surface area contributed by atoms with E-state index in [1.807, 2.05) is 55.5 Å². The van der Waals surface area contributed by atoms with Crippen LogP contribution < -0.4 is 15.0 Å². The van der Waals surface area contributed by atoms with Crippen LogP contribution in [0.2, 0.25) is 0 Å². The Labute approximate surface area is 188 Å². The first-order valence-electron chi connectivity index (χ1n) is 11.0. The van der Waals surface area contributed by atoms with E-state index in [2.05, 4.69) is 5.32 Å². The molecule has 1 saturated carbocycles. The third-order valence-corrected chi connectivity index (χ3v) is 5.87. The molecule has 6 nitrogen and oxygen atoms in total. The molecule has 0 saturated heterocycles. The van der Waals surface area contributed by atoms with Crippen molar-refractivity contribution >= 4 is 17.5 Å². The summed E-state index contributed by atoms with van der Waals surface area (Å²) in [5, 5.41) is 3.18. The molecule has 0 aliphatic heterocycles. The minimum atomic E-state index is -0.884. The maximum atomic E-state index is 13.7. The summed E-state index contributed by atoms with van der Waals surface area (Å²) in [6, 6.07) is 17.4. The van der Waals surface area contributed by atoms with Crippen LogP contribution in [0.1, 0.15) is 53.4 Å². The summed E-state index contributed by atoms with van der Waals surface area (Å²) in [5.41, 5.74) is 2.18. The van der Waals surface area contributed by atoms with Crippen molar-refractivity contribution in [2.45, 2.75) is 44.7 Å². The highest BCUT2D eigenvalue weighted by Gasteiger charge is 2.37. The highest BCUT2D eigenvalue weighted by atomic mass is 16.5. The Balaban J connectivity index is 1.85. The van der Waals surface area contributed by atoms with Crippen molar-refractivity contribution in [1.82, 2.24) is 5.32 Å². The fraction of sp³-hybridized carbons (Fsp3) is 0.308. The van der Waals surface area contributed by atoms with Gasteiger partial charge in [-0.3, -0.25) is 14.5 Å². The van der Waals surface area contributed by atoms with Crippen LogP contribution in [0.4, 0.5) is 5.69 Å². The Bertz CT molecular complexity index is 1060. The largest absolute Gasteiger partial charge is 0.495 e. The highest BCUT2D eigenvalue weighted by molar-refractivity contribution is 6.09. The molecule has 1 aromatic heterocycles. The van der Waals surface area contributed by atoms with E-state index >= 15 is 0 Å². The van der Waals surface area contributed by atoms with Gasteiger partial charge in [-0.1, -0.05) is 49.2 Å². The number of amides is 2. The van der Waals surface area contributed by atoms with Crippen LogP contribution in [-0.4, -0.2) is 25.0 Å². The van der Waals surface area contributed by atoms with Gasteiger partial charge in [0.05, 0.1) is 19.1 Å². The lowest BCUT2D eigenvalue weighted by Crippen LogP contribution is -2.46. The van der Waals surface area contributed by atoms with Gasteiger partial charge in [0.25, 0.3) is 5.91 Å². The van der Waals surface area contributed by atoms with Gasteiger partial charge in [-0.25, -0.2) is 0 Å². The summed E-state index contributed by atoms with van der Waals surface area (Å²) < 4.78 is 11.0. The van der Waals surface area contributed by atoms with Crippen LogP contribution in [0.25, 0.3) is 0 Å². The minimum Gasteiger partial charge on any atom is -0.495 e. The standard InChI is InChI=1S/C26H28N2O4/c1-18-14-15-22(31-2)21(17-18)28(26(30)23-13-8-16-32-23)24(19-9-4-3-5-10-19)25(29)27-20-11-6-7-12-20/h3-5,8-10,13-17,20,24H,6-7,11-12H2,1-2H3,(H,27,29). The third kappa shape index (κ3) is 4.54. The normalized spacial score (nSPS) is 14.7. The minimum absolute atomic E-state index is 0.119. The Morgan fingerprint density at radius 3 is 2.47 bits per heavy atom. The number of methoxy groups -OCH3 is 1. The molecule has 3 aromatic rings. The van der Waals surface area contributed by atoms with Crippen molar-refractivity contribution in [3.8, 4) is 5.75 Å². The SMILES string of the molecule is COc1ccc(C)cc1N(C(=O)c1ccco1)C(C(=O)NC1CCCC1)c1ccccc1. The highest BCUT2D eigenvalue weighted by Crippen LogP contribution is 2.37. The number of rotatable bonds is 7. The molecule has 1 N–H and O–H groups in total. The van der Waals surface area contributed by atoms with Gasteiger partial charge in [0, 0.05) is 6.04 Å². The smallest absolute Gasteiger partial charge is 0.295 e. The van der Waals surface area contributed by atoms with E-state index in [0.29, 0.717) is 17.0 Å². The van der Waals surface area contributed by atoms with E-state index in [-0.39, 0.29) is 17.7 Å². The number of carbonyl (C=O) groups is 2. The van der Waals surface area contributed by atoms with Crippen LogP contribution in [0.5, 0.6) is 5.75 Å². The van der Waals surface area contributed by atoms with E-state index < -0.39 is 11.9 Å². The molecule has 0 spiro atoms. The molecule has 2 aromatic carbocycles. The molecular weight excluding hydrogens is 404 g/mol. The number of nitrogens with zero attached hydrogens (tertiary/aromatic N) is 1. The number of anilines is 1. The zero-order valence-electron chi connectivity index (χ0n) is 18.4. The summed E-state index contributed by atoms with van der Waals surface area (Å²) in [6.45, 7) is 1.94. The number of ether oxygens (including phenoxy) is 1. The lowest BCUT2D eigenvalue weighted by molar-refractivity contribution is -0.123. The van der Waals surface area contributed by atoms with Gasteiger partial charge < -0.3 is 14.5 Å². The maximum absolute atomic E-state index is 13.7. The fourth-order valence-electron chi connectivity index (χ4n) is 4.28. The molecule has 1 fully saturated rings. The van der Waals surface area contributed by atoms with Crippen molar-refractivity contribution in [2.75, 3.05) is 12.0 Å². The third-order valence-electron chi connectivity index (χ3n) is 5.87. The Morgan fingerprint density at radius 1 is 1.06 bits per heavy atom. The molecule has 1 aliphatic rings. The lowest BCUT2D eigenvalue weighted by Gasteiger charge is -2.32. The topological polar surface area (TPSA) is 71.8 Å². The summed E-state index contributed by atoms with van der Waals surface area (Å²) >= 11 is 0. The molecule has 1 heterocycles. The van der Waals surface area contributed by atoms with Gasteiger partial charge in [0.2, 0.25) is 5.91 Å². The Hall–Kier alpha value is -3.54. The number of hydrogen-bond donors (Lipinski definition) is 1. The van der Waals surface area contributed by atoms with Crippen LogP contribution in [0.3, 0.4) is 0 Å². The average molecular weight is 433 g/mol. The predicted octanol–water partition coefficient (Wildman–Crippen LogP) is 5.04. The van der Waals surface area contributed by atoms with E-state index in [4.69, 9.17) is 9.15 Å². The van der Waals surface area contributed by atoms with Gasteiger partial charge in [0.1, 0.15) is 11.8 Å². The first kappa shape index (κ1) is 21.7. The Kier molecular flexibility index (Phi) is 6.59. The van der Waals surface area contributed by atoms with E-state index in [9.17, 15) is 9.59 Å². The molecule has 4 rings (SSSR count). The van der Waals surface area contributed by atoms with Crippen molar-refractivity contribution in [1.29, 1.82) is 0 Å².